The van der Waals surface area contributed by atoms with Crippen LogP contribution in [0.2, 0.25) is 0 Å². The van der Waals surface area contributed by atoms with E-state index >= 15 is 0 Å². The molecule has 1 saturated heterocycles. The highest BCUT2D eigenvalue weighted by atomic mass is 32.1. The number of amides is 1. The maximum atomic E-state index is 12.6. The molecule has 0 radical (unpaired) electrons. The molecule has 3 heterocycles. The van der Waals surface area contributed by atoms with Gasteiger partial charge in [-0.15, -0.1) is 0 Å². The molecule has 0 N–H and O–H groups in total. The van der Waals surface area contributed by atoms with Gasteiger partial charge in [0.2, 0.25) is 0 Å². The Bertz CT molecular complexity index is 1150. The topological polar surface area (TPSA) is 47.4 Å². The first-order chi connectivity index (χ1) is 15.3. The van der Waals surface area contributed by atoms with Crippen LogP contribution >= 0.6 is 11.3 Å². The zero-order valence-corrected chi connectivity index (χ0v) is 18.1. The lowest BCUT2D eigenvalue weighted by molar-refractivity contribution is 0.0683. The van der Waals surface area contributed by atoms with Crippen LogP contribution in [-0.2, 0) is 13.2 Å². The molecule has 0 unspecified atom stereocenters. The van der Waals surface area contributed by atoms with Gasteiger partial charge >= 0.3 is 0 Å². The average Bonchev–Trinajstić information content (AvgIpc) is 3.47. The number of para-hydroxylation sites is 3. The molecule has 5 rings (SSSR count). The second kappa shape index (κ2) is 8.94. The number of aromatic nitrogens is 2. The summed E-state index contributed by atoms with van der Waals surface area (Å²) < 4.78 is 8.31. The number of thiophene rings is 1. The molecule has 158 valence electrons. The molecule has 6 heteroatoms. The first-order valence-electron chi connectivity index (χ1n) is 10.7. The van der Waals surface area contributed by atoms with E-state index in [9.17, 15) is 4.79 Å². The summed E-state index contributed by atoms with van der Waals surface area (Å²) in [4.78, 5) is 19.5. The summed E-state index contributed by atoms with van der Waals surface area (Å²) >= 11 is 1.57. The zero-order chi connectivity index (χ0) is 21.0. The maximum absolute atomic E-state index is 12.6. The van der Waals surface area contributed by atoms with Gasteiger partial charge in [-0.1, -0.05) is 30.3 Å². The molecule has 5 nitrogen and oxygen atoms in total. The molecule has 1 fully saturated rings. The first kappa shape index (κ1) is 19.8. The molecular weight excluding hydrogens is 406 g/mol. The highest BCUT2D eigenvalue weighted by Gasteiger charge is 2.25. The molecule has 1 aliphatic rings. The molecule has 0 atom stereocenters. The van der Waals surface area contributed by atoms with Gasteiger partial charge < -0.3 is 14.2 Å². The largest absolute Gasteiger partial charge is 0.486 e. The minimum atomic E-state index is 0.157. The van der Waals surface area contributed by atoms with Gasteiger partial charge in [0, 0.05) is 25.0 Å². The Kier molecular flexibility index (Phi) is 5.71. The van der Waals surface area contributed by atoms with E-state index < -0.39 is 0 Å². The van der Waals surface area contributed by atoms with Gasteiger partial charge in [0.25, 0.3) is 5.91 Å². The van der Waals surface area contributed by atoms with Crippen molar-refractivity contribution in [3.05, 3.63) is 82.8 Å². The Labute approximate surface area is 185 Å². The van der Waals surface area contributed by atoms with Crippen molar-refractivity contribution in [3.8, 4) is 5.75 Å². The van der Waals surface area contributed by atoms with Crippen LogP contribution in [0.5, 0.6) is 5.75 Å². The molecule has 0 spiro atoms. The highest BCUT2D eigenvalue weighted by molar-refractivity contribution is 7.08. The van der Waals surface area contributed by atoms with Crippen molar-refractivity contribution in [2.24, 2.45) is 5.92 Å². The van der Waals surface area contributed by atoms with Gasteiger partial charge in [-0.3, -0.25) is 4.79 Å². The van der Waals surface area contributed by atoms with Crippen LogP contribution < -0.4 is 4.74 Å². The molecule has 0 saturated carbocycles. The third kappa shape index (κ3) is 4.35. The molecule has 1 amide bonds. The number of fused-ring (bicyclic) bond motifs is 1. The summed E-state index contributed by atoms with van der Waals surface area (Å²) in [6, 6.07) is 20.0. The predicted molar refractivity (Wildman–Crippen MR) is 123 cm³/mol. The fourth-order valence-electron chi connectivity index (χ4n) is 4.25. The summed E-state index contributed by atoms with van der Waals surface area (Å²) in [6.07, 6.45) is 2.00. The fourth-order valence-corrected chi connectivity index (χ4v) is 4.88. The second-order valence-electron chi connectivity index (χ2n) is 7.98. The van der Waals surface area contributed by atoms with Crippen molar-refractivity contribution in [2.45, 2.75) is 26.0 Å². The van der Waals surface area contributed by atoms with Crippen molar-refractivity contribution in [3.63, 3.8) is 0 Å². The number of hydrogen-bond donors (Lipinski definition) is 0. The number of hydrogen-bond acceptors (Lipinski definition) is 4. The lowest BCUT2D eigenvalue weighted by atomic mass is 9.96. The van der Waals surface area contributed by atoms with Crippen molar-refractivity contribution in [2.75, 3.05) is 13.1 Å². The van der Waals surface area contributed by atoms with Crippen molar-refractivity contribution >= 4 is 28.3 Å². The van der Waals surface area contributed by atoms with E-state index in [1.807, 2.05) is 58.1 Å². The van der Waals surface area contributed by atoms with Crippen molar-refractivity contribution in [1.82, 2.24) is 14.5 Å². The Balaban J connectivity index is 1.29. The number of benzene rings is 2. The number of carbonyl (C=O) groups is 1. The molecule has 2 aromatic carbocycles. The molecular formula is C25H25N3O2S. The van der Waals surface area contributed by atoms with E-state index in [0.717, 1.165) is 60.6 Å². The fraction of sp³-hybridized carbons (Fsp3) is 0.280. The third-order valence-electron chi connectivity index (χ3n) is 5.96. The van der Waals surface area contributed by atoms with Gasteiger partial charge in [0.1, 0.15) is 18.2 Å². The first-order valence-corrected chi connectivity index (χ1v) is 11.7. The van der Waals surface area contributed by atoms with Gasteiger partial charge in [-0.2, -0.15) is 11.3 Å². The number of carbonyl (C=O) groups excluding carboxylic acids is 1. The molecule has 0 bridgehead atoms. The Hall–Kier alpha value is -3.12. The number of ether oxygens (including phenoxy) is 1. The predicted octanol–water partition coefficient (Wildman–Crippen LogP) is 5.23. The quantitative estimate of drug-likeness (QED) is 0.420. The van der Waals surface area contributed by atoms with Gasteiger partial charge in [0.15, 0.2) is 0 Å². The summed E-state index contributed by atoms with van der Waals surface area (Å²) in [5.41, 5.74) is 2.95. The molecule has 31 heavy (non-hydrogen) atoms. The standard InChI is InChI=1S/C25H25N3O2S/c29-25(20-12-15-31-18-20)27-13-10-19(11-14-27)16-28-23-9-5-4-8-22(23)26-24(28)17-30-21-6-2-1-3-7-21/h1-9,12,15,18-19H,10-11,13-14,16-17H2. The van der Waals surface area contributed by atoms with E-state index in [2.05, 4.69) is 22.8 Å². The van der Waals surface area contributed by atoms with Crippen LogP contribution in [-0.4, -0.2) is 33.4 Å². The number of imidazole rings is 1. The van der Waals surface area contributed by atoms with Gasteiger partial charge in [-0.25, -0.2) is 4.98 Å². The number of likely N-dealkylation sites (tertiary alicyclic amines) is 1. The third-order valence-corrected chi connectivity index (χ3v) is 6.64. The minimum Gasteiger partial charge on any atom is -0.486 e. The molecule has 1 aliphatic heterocycles. The Morgan fingerprint density at radius 3 is 2.58 bits per heavy atom. The average molecular weight is 432 g/mol. The van der Waals surface area contributed by atoms with Crippen LogP contribution in [0.25, 0.3) is 11.0 Å². The smallest absolute Gasteiger partial charge is 0.254 e. The minimum absolute atomic E-state index is 0.157. The van der Waals surface area contributed by atoms with Crippen LogP contribution in [0.1, 0.15) is 29.0 Å². The normalized spacial score (nSPS) is 14.8. The Morgan fingerprint density at radius 1 is 1.03 bits per heavy atom. The van der Waals surface area contributed by atoms with Crippen LogP contribution in [0, 0.1) is 5.92 Å². The summed E-state index contributed by atoms with van der Waals surface area (Å²) in [7, 11) is 0. The van der Waals surface area contributed by atoms with E-state index in [4.69, 9.17) is 9.72 Å². The highest BCUT2D eigenvalue weighted by Crippen LogP contribution is 2.25. The van der Waals surface area contributed by atoms with E-state index in [1.165, 1.54) is 0 Å². The SMILES string of the molecule is O=C(c1ccsc1)N1CCC(Cn2c(COc3ccccc3)nc3ccccc32)CC1. The maximum Gasteiger partial charge on any atom is 0.254 e. The summed E-state index contributed by atoms with van der Waals surface area (Å²) in [6.45, 7) is 2.95. The lowest BCUT2D eigenvalue weighted by Crippen LogP contribution is -2.39. The molecule has 0 aliphatic carbocycles. The van der Waals surface area contributed by atoms with E-state index in [-0.39, 0.29) is 5.91 Å². The second-order valence-corrected chi connectivity index (χ2v) is 8.76. The summed E-state index contributed by atoms with van der Waals surface area (Å²) in [5, 5.41) is 3.90. The van der Waals surface area contributed by atoms with Crippen molar-refractivity contribution in [1.29, 1.82) is 0 Å². The van der Waals surface area contributed by atoms with Gasteiger partial charge in [-0.05, 0) is 54.5 Å². The number of piperidine rings is 1. The summed E-state index contributed by atoms with van der Waals surface area (Å²) in [5.74, 6) is 2.47. The lowest BCUT2D eigenvalue weighted by Gasteiger charge is -2.32. The van der Waals surface area contributed by atoms with Crippen LogP contribution in [0.3, 0.4) is 0 Å². The Morgan fingerprint density at radius 2 is 1.81 bits per heavy atom. The zero-order valence-electron chi connectivity index (χ0n) is 17.3. The van der Waals surface area contributed by atoms with E-state index in [1.54, 1.807) is 11.3 Å². The monoisotopic (exact) mass is 431 g/mol. The van der Waals surface area contributed by atoms with E-state index in [0.29, 0.717) is 12.5 Å². The van der Waals surface area contributed by atoms with Gasteiger partial charge in [0.05, 0.1) is 16.6 Å². The van der Waals surface area contributed by atoms with Crippen LogP contribution in [0.15, 0.2) is 71.4 Å². The van der Waals surface area contributed by atoms with Crippen molar-refractivity contribution < 1.29 is 9.53 Å². The molecule has 4 aromatic rings. The van der Waals surface area contributed by atoms with Crippen LogP contribution in [0.4, 0.5) is 0 Å². The number of nitrogens with zero attached hydrogens (tertiary/aromatic N) is 3. The number of rotatable bonds is 6. The molecule has 2 aromatic heterocycles.